The molecule has 4 nitrogen and oxygen atoms in total. The van der Waals surface area contributed by atoms with Gasteiger partial charge in [-0.05, 0) is 69.3 Å². The van der Waals surface area contributed by atoms with E-state index in [0.717, 1.165) is 19.4 Å². The standard InChI is InChI=1S/C20H24N2O2S/c1-20(2,3)21-18(23)14-8-10-15(11-9-14)19(24)22-12-4-6-16(22)17-7-5-13-25-17/h5,7-11,13,16H,4,6,12H2,1-3H3,(H,21,23)/t16-/m0/s1. The smallest absolute Gasteiger partial charge is 0.254 e. The zero-order valence-electron chi connectivity index (χ0n) is 14.9. The Bertz CT molecular complexity index is 745. The molecule has 1 aliphatic heterocycles. The third kappa shape index (κ3) is 4.10. The maximum Gasteiger partial charge on any atom is 0.254 e. The van der Waals surface area contributed by atoms with E-state index < -0.39 is 0 Å². The van der Waals surface area contributed by atoms with Gasteiger partial charge in [0.15, 0.2) is 0 Å². The summed E-state index contributed by atoms with van der Waals surface area (Å²) in [4.78, 5) is 28.3. The largest absolute Gasteiger partial charge is 0.347 e. The second kappa shape index (κ2) is 7.00. The molecule has 0 aliphatic carbocycles. The first-order chi connectivity index (χ1) is 11.8. The molecule has 1 atom stereocenters. The molecule has 2 heterocycles. The zero-order chi connectivity index (χ0) is 18.0. The number of thiophene rings is 1. The first-order valence-electron chi connectivity index (χ1n) is 8.62. The van der Waals surface area contributed by atoms with E-state index in [1.807, 2.05) is 31.7 Å². The van der Waals surface area contributed by atoms with Crippen molar-refractivity contribution >= 4 is 23.2 Å². The monoisotopic (exact) mass is 356 g/mol. The Balaban J connectivity index is 1.73. The van der Waals surface area contributed by atoms with Crippen molar-refractivity contribution in [1.82, 2.24) is 10.2 Å². The number of benzene rings is 1. The normalized spacial score (nSPS) is 17.6. The number of carbonyl (C=O) groups excluding carboxylic acids is 2. The molecule has 0 radical (unpaired) electrons. The van der Waals surface area contributed by atoms with Gasteiger partial charge in [0, 0.05) is 28.1 Å². The maximum absolute atomic E-state index is 12.9. The number of hydrogen-bond acceptors (Lipinski definition) is 3. The molecule has 0 saturated carbocycles. The van der Waals surface area contributed by atoms with Crippen LogP contribution < -0.4 is 5.32 Å². The Hall–Kier alpha value is -2.14. The van der Waals surface area contributed by atoms with E-state index in [1.165, 1.54) is 4.88 Å². The lowest BCUT2D eigenvalue weighted by Gasteiger charge is -2.24. The molecule has 5 heteroatoms. The highest BCUT2D eigenvalue weighted by atomic mass is 32.1. The second-order valence-electron chi connectivity index (χ2n) is 7.45. The lowest BCUT2D eigenvalue weighted by Crippen LogP contribution is -2.40. The Morgan fingerprint density at radius 1 is 1.12 bits per heavy atom. The second-order valence-corrected chi connectivity index (χ2v) is 8.43. The average molecular weight is 356 g/mol. The Labute approximate surface area is 152 Å². The SMILES string of the molecule is CC(C)(C)NC(=O)c1ccc(C(=O)N2CCC[C@H]2c2cccs2)cc1. The van der Waals surface area contributed by atoms with Crippen molar-refractivity contribution in [2.45, 2.75) is 45.2 Å². The van der Waals surface area contributed by atoms with Crippen LogP contribution in [-0.2, 0) is 0 Å². The van der Waals surface area contributed by atoms with E-state index in [1.54, 1.807) is 35.6 Å². The van der Waals surface area contributed by atoms with Crippen molar-refractivity contribution in [3.63, 3.8) is 0 Å². The van der Waals surface area contributed by atoms with Crippen molar-refractivity contribution in [2.75, 3.05) is 6.54 Å². The van der Waals surface area contributed by atoms with E-state index in [-0.39, 0.29) is 23.4 Å². The quantitative estimate of drug-likeness (QED) is 0.893. The van der Waals surface area contributed by atoms with Gasteiger partial charge in [0.2, 0.25) is 0 Å². The van der Waals surface area contributed by atoms with E-state index in [4.69, 9.17) is 0 Å². The van der Waals surface area contributed by atoms with Crippen LogP contribution in [0, 0.1) is 0 Å². The van der Waals surface area contributed by atoms with Crippen molar-refractivity contribution in [2.24, 2.45) is 0 Å². The minimum absolute atomic E-state index is 0.0404. The predicted octanol–water partition coefficient (Wildman–Crippen LogP) is 4.25. The molecule has 0 unspecified atom stereocenters. The van der Waals surface area contributed by atoms with Crippen molar-refractivity contribution < 1.29 is 9.59 Å². The van der Waals surface area contributed by atoms with Gasteiger partial charge in [-0.3, -0.25) is 9.59 Å². The van der Waals surface area contributed by atoms with Crippen LogP contribution in [0.2, 0.25) is 0 Å². The Morgan fingerprint density at radius 3 is 2.40 bits per heavy atom. The average Bonchev–Trinajstić information content (AvgIpc) is 3.23. The van der Waals surface area contributed by atoms with E-state index in [9.17, 15) is 9.59 Å². The summed E-state index contributed by atoms with van der Waals surface area (Å²) >= 11 is 1.70. The fourth-order valence-corrected chi connectivity index (χ4v) is 4.00. The van der Waals surface area contributed by atoms with Crippen LogP contribution >= 0.6 is 11.3 Å². The van der Waals surface area contributed by atoms with Crippen LogP contribution in [-0.4, -0.2) is 28.8 Å². The lowest BCUT2D eigenvalue weighted by atomic mass is 10.1. The number of nitrogens with zero attached hydrogens (tertiary/aromatic N) is 1. The highest BCUT2D eigenvalue weighted by Gasteiger charge is 2.31. The fraction of sp³-hybridized carbons (Fsp3) is 0.400. The summed E-state index contributed by atoms with van der Waals surface area (Å²) < 4.78 is 0. The molecule has 1 aromatic carbocycles. The predicted molar refractivity (Wildman–Crippen MR) is 101 cm³/mol. The third-order valence-electron chi connectivity index (χ3n) is 4.27. The molecule has 0 bridgehead atoms. The maximum atomic E-state index is 12.9. The molecule has 25 heavy (non-hydrogen) atoms. The summed E-state index contributed by atoms with van der Waals surface area (Å²) in [6, 6.07) is 11.3. The molecule has 2 aromatic rings. The fourth-order valence-electron chi connectivity index (χ4n) is 3.13. The first kappa shape index (κ1) is 17.7. The topological polar surface area (TPSA) is 49.4 Å². The van der Waals surface area contributed by atoms with E-state index in [2.05, 4.69) is 16.8 Å². The first-order valence-corrected chi connectivity index (χ1v) is 9.50. The van der Waals surface area contributed by atoms with Gasteiger partial charge in [0.1, 0.15) is 0 Å². The number of likely N-dealkylation sites (tertiary alicyclic amines) is 1. The van der Waals surface area contributed by atoms with E-state index in [0.29, 0.717) is 11.1 Å². The van der Waals surface area contributed by atoms with Gasteiger partial charge in [0.25, 0.3) is 11.8 Å². The van der Waals surface area contributed by atoms with Gasteiger partial charge in [-0.1, -0.05) is 6.07 Å². The Kier molecular flexibility index (Phi) is 4.95. The minimum atomic E-state index is -0.283. The van der Waals surface area contributed by atoms with Crippen LogP contribution in [0.1, 0.15) is 65.2 Å². The van der Waals surface area contributed by atoms with Crippen LogP contribution in [0.15, 0.2) is 41.8 Å². The van der Waals surface area contributed by atoms with Gasteiger partial charge in [-0.15, -0.1) is 11.3 Å². The molecule has 1 aromatic heterocycles. The third-order valence-corrected chi connectivity index (χ3v) is 5.24. The molecule has 0 spiro atoms. The van der Waals surface area contributed by atoms with Gasteiger partial charge >= 0.3 is 0 Å². The lowest BCUT2D eigenvalue weighted by molar-refractivity contribution is 0.0737. The van der Waals surface area contributed by atoms with Gasteiger partial charge < -0.3 is 10.2 Å². The number of amides is 2. The van der Waals surface area contributed by atoms with Crippen LogP contribution in [0.5, 0.6) is 0 Å². The van der Waals surface area contributed by atoms with Gasteiger partial charge in [0.05, 0.1) is 6.04 Å². The Morgan fingerprint density at radius 2 is 1.80 bits per heavy atom. The van der Waals surface area contributed by atoms with Gasteiger partial charge in [-0.2, -0.15) is 0 Å². The van der Waals surface area contributed by atoms with Crippen molar-refractivity contribution in [3.8, 4) is 0 Å². The molecule has 132 valence electrons. The number of nitrogens with one attached hydrogen (secondary N) is 1. The summed E-state index contributed by atoms with van der Waals surface area (Å²) in [6.45, 7) is 6.62. The molecular weight excluding hydrogens is 332 g/mol. The summed E-state index contributed by atoms with van der Waals surface area (Å²) in [5.74, 6) is -0.0807. The van der Waals surface area contributed by atoms with Crippen molar-refractivity contribution in [1.29, 1.82) is 0 Å². The van der Waals surface area contributed by atoms with Crippen LogP contribution in [0.25, 0.3) is 0 Å². The van der Waals surface area contributed by atoms with Crippen LogP contribution in [0.4, 0.5) is 0 Å². The molecule has 2 amide bonds. The number of rotatable bonds is 3. The number of carbonyl (C=O) groups is 2. The highest BCUT2D eigenvalue weighted by molar-refractivity contribution is 7.10. The summed E-state index contributed by atoms with van der Waals surface area (Å²) in [6.07, 6.45) is 2.04. The van der Waals surface area contributed by atoms with E-state index >= 15 is 0 Å². The zero-order valence-corrected chi connectivity index (χ0v) is 15.7. The number of hydrogen-bond donors (Lipinski definition) is 1. The molecule has 1 aliphatic rings. The molecule has 1 N–H and O–H groups in total. The van der Waals surface area contributed by atoms with Crippen LogP contribution in [0.3, 0.4) is 0 Å². The molecule has 1 saturated heterocycles. The van der Waals surface area contributed by atoms with Crippen molar-refractivity contribution in [3.05, 3.63) is 57.8 Å². The summed E-state index contributed by atoms with van der Waals surface area (Å²) in [5, 5.41) is 4.99. The summed E-state index contributed by atoms with van der Waals surface area (Å²) in [5.41, 5.74) is 0.924. The minimum Gasteiger partial charge on any atom is -0.347 e. The molecule has 3 rings (SSSR count). The highest BCUT2D eigenvalue weighted by Crippen LogP contribution is 2.35. The molecular formula is C20H24N2O2S. The van der Waals surface area contributed by atoms with Gasteiger partial charge in [-0.25, -0.2) is 0 Å². The molecule has 1 fully saturated rings. The summed E-state index contributed by atoms with van der Waals surface area (Å²) in [7, 11) is 0.